The smallest absolute Gasteiger partial charge is 0.405 e. The number of carbonyl (C=O) groups excluding carboxylic acids is 1. The standard InChI is InChI=1S/C19H25F3N2O3/c1-18(2,3)13-5-4-12(10-14(13)20)23-16(25)15(24-17(26)27)11-6-8-19(21,22)9-7-11/h4-5,10-11,15,24H,6-9H2,1-3H3,(H,23,25)(H,26,27)/t15-/m1/s1. The summed E-state index contributed by atoms with van der Waals surface area (Å²) in [4.78, 5) is 23.6. The first-order valence-electron chi connectivity index (χ1n) is 8.87. The number of halogens is 3. The van der Waals surface area contributed by atoms with Crippen molar-refractivity contribution in [1.82, 2.24) is 5.32 Å². The number of hydrogen-bond acceptors (Lipinski definition) is 2. The number of nitrogens with one attached hydrogen (secondary N) is 2. The summed E-state index contributed by atoms with van der Waals surface area (Å²) in [6, 6.07) is 3.09. The van der Waals surface area contributed by atoms with Gasteiger partial charge in [-0.25, -0.2) is 18.0 Å². The second-order valence-corrected chi connectivity index (χ2v) is 8.05. The molecule has 1 aliphatic carbocycles. The van der Waals surface area contributed by atoms with Gasteiger partial charge in [-0.15, -0.1) is 0 Å². The molecule has 0 bridgehead atoms. The third-order valence-electron chi connectivity index (χ3n) is 4.84. The number of carbonyl (C=O) groups is 2. The maximum Gasteiger partial charge on any atom is 0.405 e. The quantitative estimate of drug-likeness (QED) is 0.712. The highest BCUT2D eigenvalue weighted by molar-refractivity contribution is 5.96. The molecular formula is C19H25F3N2O3. The lowest BCUT2D eigenvalue weighted by Crippen LogP contribution is -2.49. The highest BCUT2D eigenvalue weighted by Gasteiger charge is 2.40. The van der Waals surface area contributed by atoms with Crippen molar-refractivity contribution in [2.24, 2.45) is 5.92 Å². The van der Waals surface area contributed by atoms with Crippen LogP contribution in [0.5, 0.6) is 0 Å². The van der Waals surface area contributed by atoms with Gasteiger partial charge >= 0.3 is 6.09 Å². The van der Waals surface area contributed by atoms with E-state index in [9.17, 15) is 22.8 Å². The maximum absolute atomic E-state index is 14.3. The van der Waals surface area contributed by atoms with E-state index in [1.165, 1.54) is 12.1 Å². The number of carboxylic acid groups (broad SMARTS) is 1. The van der Waals surface area contributed by atoms with Gasteiger partial charge in [0.05, 0.1) is 0 Å². The molecule has 1 aromatic carbocycles. The van der Waals surface area contributed by atoms with Crippen LogP contribution < -0.4 is 10.6 Å². The number of benzene rings is 1. The molecule has 1 aromatic rings. The predicted molar refractivity (Wildman–Crippen MR) is 95.6 cm³/mol. The fourth-order valence-electron chi connectivity index (χ4n) is 3.35. The van der Waals surface area contributed by atoms with Gasteiger partial charge in [0.1, 0.15) is 11.9 Å². The highest BCUT2D eigenvalue weighted by Crippen LogP contribution is 2.37. The van der Waals surface area contributed by atoms with Crippen LogP contribution in [0.2, 0.25) is 0 Å². The van der Waals surface area contributed by atoms with Gasteiger partial charge in [0.25, 0.3) is 0 Å². The molecule has 0 heterocycles. The minimum Gasteiger partial charge on any atom is -0.465 e. The molecule has 0 saturated heterocycles. The van der Waals surface area contributed by atoms with Gasteiger partial charge in [0.2, 0.25) is 11.8 Å². The van der Waals surface area contributed by atoms with Crippen LogP contribution in [0.4, 0.5) is 23.7 Å². The summed E-state index contributed by atoms with van der Waals surface area (Å²) in [5.41, 5.74) is 0.256. The summed E-state index contributed by atoms with van der Waals surface area (Å²) in [5.74, 6) is -4.50. The molecule has 0 aromatic heterocycles. The Morgan fingerprint density at radius 1 is 1.22 bits per heavy atom. The van der Waals surface area contributed by atoms with Gasteiger partial charge < -0.3 is 15.7 Å². The fourth-order valence-corrected chi connectivity index (χ4v) is 3.35. The van der Waals surface area contributed by atoms with Gasteiger partial charge in [-0.05, 0) is 41.9 Å². The molecule has 150 valence electrons. The monoisotopic (exact) mass is 386 g/mol. The molecule has 0 spiro atoms. The van der Waals surface area contributed by atoms with Crippen molar-refractivity contribution in [1.29, 1.82) is 0 Å². The van der Waals surface area contributed by atoms with Crippen molar-refractivity contribution in [3.63, 3.8) is 0 Å². The summed E-state index contributed by atoms with van der Waals surface area (Å²) >= 11 is 0. The number of anilines is 1. The lowest BCUT2D eigenvalue weighted by atomic mass is 9.81. The molecule has 1 fully saturated rings. The van der Waals surface area contributed by atoms with Crippen molar-refractivity contribution in [3.8, 4) is 0 Å². The van der Waals surface area contributed by atoms with Crippen molar-refractivity contribution in [2.45, 2.75) is 63.8 Å². The van der Waals surface area contributed by atoms with Crippen LogP contribution in [0.25, 0.3) is 0 Å². The lowest BCUT2D eigenvalue weighted by Gasteiger charge is -2.32. The molecule has 8 heteroatoms. The zero-order chi connectivity index (χ0) is 20.4. The Kier molecular flexibility index (Phi) is 6.07. The van der Waals surface area contributed by atoms with Crippen LogP contribution >= 0.6 is 0 Å². The third-order valence-corrected chi connectivity index (χ3v) is 4.84. The van der Waals surface area contributed by atoms with E-state index in [0.29, 0.717) is 5.56 Å². The first-order valence-corrected chi connectivity index (χ1v) is 8.87. The summed E-state index contributed by atoms with van der Waals surface area (Å²) in [6.07, 6.45) is -2.14. The fraction of sp³-hybridized carbons (Fsp3) is 0.579. The Morgan fingerprint density at radius 3 is 2.30 bits per heavy atom. The van der Waals surface area contributed by atoms with Gasteiger partial charge in [-0.2, -0.15) is 0 Å². The largest absolute Gasteiger partial charge is 0.465 e. The number of rotatable bonds is 4. The Labute approximate surface area is 156 Å². The van der Waals surface area contributed by atoms with E-state index in [2.05, 4.69) is 10.6 Å². The van der Waals surface area contributed by atoms with Crippen LogP contribution in [0.15, 0.2) is 18.2 Å². The highest BCUT2D eigenvalue weighted by atomic mass is 19.3. The van der Waals surface area contributed by atoms with Gasteiger partial charge in [0.15, 0.2) is 0 Å². The second-order valence-electron chi connectivity index (χ2n) is 8.05. The van der Waals surface area contributed by atoms with Gasteiger partial charge in [-0.1, -0.05) is 26.8 Å². The minimum atomic E-state index is -2.79. The number of amides is 2. The molecule has 1 atom stereocenters. The van der Waals surface area contributed by atoms with Gasteiger partial charge in [-0.3, -0.25) is 4.79 Å². The van der Waals surface area contributed by atoms with Crippen molar-refractivity contribution in [3.05, 3.63) is 29.6 Å². The Morgan fingerprint density at radius 2 is 1.81 bits per heavy atom. The zero-order valence-electron chi connectivity index (χ0n) is 15.6. The Hall–Kier alpha value is -2.25. The first-order chi connectivity index (χ1) is 12.4. The molecule has 2 amide bonds. The van der Waals surface area contributed by atoms with Gasteiger partial charge in [0, 0.05) is 18.5 Å². The molecule has 1 aliphatic rings. The second kappa shape index (κ2) is 7.78. The molecule has 2 rings (SSSR count). The third kappa shape index (κ3) is 5.61. The van der Waals surface area contributed by atoms with Crippen molar-refractivity contribution in [2.75, 3.05) is 5.32 Å². The predicted octanol–water partition coefficient (Wildman–Crippen LogP) is 4.52. The van der Waals surface area contributed by atoms with Crippen molar-refractivity contribution >= 4 is 17.7 Å². The molecule has 0 radical (unpaired) electrons. The molecule has 5 nitrogen and oxygen atoms in total. The van der Waals surface area contributed by atoms with Crippen LogP contribution in [0, 0.1) is 11.7 Å². The normalized spacial score (nSPS) is 18.6. The average molecular weight is 386 g/mol. The molecule has 3 N–H and O–H groups in total. The maximum atomic E-state index is 14.3. The zero-order valence-corrected chi connectivity index (χ0v) is 15.6. The molecule has 27 heavy (non-hydrogen) atoms. The summed E-state index contributed by atoms with van der Waals surface area (Å²) < 4.78 is 41.0. The van der Waals surface area contributed by atoms with Crippen LogP contribution in [0.1, 0.15) is 52.0 Å². The number of hydrogen-bond donors (Lipinski definition) is 3. The summed E-state index contributed by atoms with van der Waals surface area (Å²) in [7, 11) is 0. The molecular weight excluding hydrogens is 361 g/mol. The Bertz CT molecular complexity index is 707. The van der Waals surface area contributed by atoms with E-state index in [4.69, 9.17) is 5.11 Å². The molecule has 0 unspecified atom stereocenters. The van der Waals surface area contributed by atoms with E-state index in [1.807, 2.05) is 20.8 Å². The minimum absolute atomic E-state index is 0.0304. The molecule has 0 aliphatic heterocycles. The summed E-state index contributed by atoms with van der Waals surface area (Å²) in [5, 5.41) is 13.6. The van der Waals surface area contributed by atoms with E-state index < -0.39 is 54.0 Å². The SMILES string of the molecule is CC(C)(C)c1ccc(NC(=O)[C@H](NC(=O)O)C2CCC(F)(F)CC2)cc1F. The topological polar surface area (TPSA) is 78.4 Å². The van der Waals surface area contributed by atoms with Crippen LogP contribution in [-0.2, 0) is 10.2 Å². The van der Waals surface area contributed by atoms with Crippen LogP contribution in [-0.4, -0.2) is 29.1 Å². The van der Waals surface area contributed by atoms with E-state index in [0.717, 1.165) is 0 Å². The van der Waals surface area contributed by atoms with Crippen LogP contribution in [0.3, 0.4) is 0 Å². The van der Waals surface area contributed by atoms with E-state index in [1.54, 1.807) is 6.07 Å². The Balaban J connectivity index is 2.14. The lowest BCUT2D eigenvalue weighted by molar-refractivity contribution is -0.121. The number of alkyl halides is 2. The van der Waals surface area contributed by atoms with Crippen molar-refractivity contribution < 1.29 is 27.9 Å². The molecule has 1 saturated carbocycles. The summed E-state index contributed by atoms with van der Waals surface area (Å²) in [6.45, 7) is 5.57. The van der Waals surface area contributed by atoms with E-state index >= 15 is 0 Å². The first kappa shape index (κ1) is 21.1. The van der Waals surface area contributed by atoms with E-state index in [-0.39, 0.29) is 18.5 Å². The average Bonchev–Trinajstić information content (AvgIpc) is 2.51.